The zero-order chi connectivity index (χ0) is 15.3. The van der Waals surface area contributed by atoms with Crippen LogP contribution in [-0.4, -0.2) is 26.0 Å². The van der Waals surface area contributed by atoms with E-state index in [1.165, 1.54) is 18.4 Å². The Balaban J connectivity index is 0.00000242. The lowest BCUT2D eigenvalue weighted by molar-refractivity contribution is -0.124. The fraction of sp³-hybridized carbons (Fsp3) is 0.588. The van der Waals surface area contributed by atoms with Crippen molar-refractivity contribution in [3.63, 3.8) is 0 Å². The minimum absolute atomic E-state index is 0. The van der Waals surface area contributed by atoms with Gasteiger partial charge in [-0.1, -0.05) is 47.8 Å². The van der Waals surface area contributed by atoms with Gasteiger partial charge in [0.25, 0.3) is 0 Å². The molecule has 0 aromatic heterocycles. The smallest absolute Gasteiger partial charge is 0.224 e. The molecule has 5 heteroatoms. The second-order valence-electron chi connectivity index (χ2n) is 6.17. The van der Waals surface area contributed by atoms with Crippen LogP contribution in [0.25, 0.3) is 0 Å². The van der Waals surface area contributed by atoms with Gasteiger partial charge in [0, 0.05) is 28.9 Å². The maximum Gasteiger partial charge on any atom is 0.224 e. The van der Waals surface area contributed by atoms with Gasteiger partial charge in [-0.25, -0.2) is 0 Å². The molecule has 0 bridgehead atoms. The number of rotatable bonds is 6. The van der Waals surface area contributed by atoms with Gasteiger partial charge in [0.15, 0.2) is 0 Å². The molecule has 22 heavy (non-hydrogen) atoms. The van der Waals surface area contributed by atoms with Crippen LogP contribution in [-0.2, 0) is 10.2 Å². The van der Waals surface area contributed by atoms with Crippen LogP contribution in [0, 0.1) is 5.92 Å². The van der Waals surface area contributed by atoms with Crippen LogP contribution in [0.4, 0.5) is 0 Å². The van der Waals surface area contributed by atoms with E-state index in [0.717, 1.165) is 30.4 Å². The van der Waals surface area contributed by atoms with Crippen LogP contribution in [0.15, 0.2) is 28.7 Å². The summed E-state index contributed by atoms with van der Waals surface area (Å²) in [6.45, 7) is 3.44. The quantitative estimate of drug-likeness (QED) is 0.779. The molecule has 2 rings (SSSR count). The molecule has 0 saturated heterocycles. The predicted molar refractivity (Wildman–Crippen MR) is 97.6 cm³/mol. The van der Waals surface area contributed by atoms with Gasteiger partial charge in [-0.3, -0.25) is 4.79 Å². The van der Waals surface area contributed by atoms with E-state index in [4.69, 9.17) is 0 Å². The van der Waals surface area contributed by atoms with Crippen LogP contribution in [0.3, 0.4) is 0 Å². The number of nitrogens with one attached hydrogen (secondary N) is 2. The van der Waals surface area contributed by atoms with E-state index in [2.05, 4.69) is 50.8 Å². The van der Waals surface area contributed by atoms with Crippen molar-refractivity contribution in [1.82, 2.24) is 10.6 Å². The number of hydrogen-bond donors (Lipinski definition) is 2. The van der Waals surface area contributed by atoms with E-state index in [-0.39, 0.29) is 29.6 Å². The third-order valence-electron chi connectivity index (χ3n) is 4.58. The molecular weight excluding hydrogens is 364 g/mol. The monoisotopic (exact) mass is 388 g/mol. The molecule has 1 aliphatic carbocycles. The number of carbonyl (C=O) groups is 1. The highest BCUT2D eigenvalue weighted by atomic mass is 79.9. The van der Waals surface area contributed by atoms with E-state index in [1.54, 1.807) is 0 Å². The minimum atomic E-state index is 0. The fourth-order valence-corrected chi connectivity index (χ4v) is 3.52. The van der Waals surface area contributed by atoms with Gasteiger partial charge < -0.3 is 10.6 Å². The second kappa shape index (κ2) is 8.90. The largest absolute Gasteiger partial charge is 0.355 e. The van der Waals surface area contributed by atoms with Crippen LogP contribution in [0.1, 0.15) is 38.2 Å². The Morgan fingerprint density at radius 1 is 1.27 bits per heavy atom. The lowest BCUT2D eigenvalue weighted by atomic mass is 9.78. The molecule has 1 saturated carbocycles. The highest BCUT2D eigenvalue weighted by Crippen LogP contribution is 2.40. The molecule has 1 aliphatic rings. The lowest BCUT2D eigenvalue weighted by Crippen LogP contribution is -2.42. The molecular formula is C17H26BrClN2O. The maximum absolute atomic E-state index is 12.2. The first-order valence-electron chi connectivity index (χ1n) is 7.76. The van der Waals surface area contributed by atoms with E-state index in [9.17, 15) is 4.79 Å². The summed E-state index contributed by atoms with van der Waals surface area (Å²) < 4.78 is 1.10. The Labute approximate surface area is 148 Å². The van der Waals surface area contributed by atoms with E-state index >= 15 is 0 Å². The number of benzene rings is 1. The SMILES string of the molecule is CNCC(C)C(=O)NCC1(c2ccc(Br)cc2)CCCC1.Cl. The van der Waals surface area contributed by atoms with Crippen molar-refractivity contribution in [2.24, 2.45) is 5.92 Å². The van der Waals surface area contributed by atoms with E-state index < -0.39 is 0 Å². The van der Waals surface area contributed by atoms with Gasteiger partial charge in [-0.05, 0) is 37.6 Å². The molecule has 124 valence electrons. The van der Waals surface area contributed by atoms with Crippen molar-refractivity contribution < 1.29 is 4.79 Å². The number of carbonyl (C=O) groups excluding carboxylic acids is 1. The van der Waals surface area contributed by atoms with Crippen LogP contribution >= 0.6 is 28.3 Å². The molecule has 0 radical (unpaired) electrons. The third-order valence-corrected chi connectivity index (χ3v) is 5.10. The average Bonchev–Trinajstić information content (AvgIpc) is 2.96. The normalized spacial score (nSPS) is 17.6. The predicted octanol–water partition coefficient (Wildman–Crippen LogP) is 3.65. The van der Waals surface area contributed by atoms with E-state index in [1.807, 2.05) is 14.0 Å². The average molecular weight is 390 g/mol. The molecule has 1 atom stereocenters. The van der Waals surface area contributed by atoms with Crippen LogP contribution in [0.5, 0.6) is 0 Å². The van der Waals surface area contributed by atoms with Crippen LogP contribution in [0.2, 0.25) is 0 Å². The highest BCUT2D eigenvalue weighted by Gasteiger charge is 2.36. The highest BCUT2D eigenvalue weighted by molar-refractivity contribution is 9.10. The molecule has 3 nitrogen and oxygen atoms in total. The Morgan fingerprint density at radius 2 is 1.86 bits per heavy atom. The maximum atomic E-state index is 12.2. The number of hydrogen-bond acceptors (Lipinski definition) is 2. The molecule has 2 N–H and O–H groups in total. The van der Waals surface area contributed by atoms with Crippen molar-refractivity contribution >= 4 is 34.2 Å². The Bertz CT molecular complexity index is 472. The van der Waals surface area contributed by atoms with Crippen molar-refractivity contribution in [2.45, 2.75) is 38.0 Å². The minimum Gasteiger partial charge on any atom is -0.355 e. The van der Waals surface area contributed by atoms with Crippen molar-refractivity contribution in [3.8, 4) is 0 Å². The van der Waals surface area contributed by atoms with Gasteiger partial charge in [-0.15, -0.1) is 12.4 Å². The Hall–Kier alpha value is -0.580. The first-order valence-corrected chi connectivity index (χ1v) is 8.55. The van der Waals surface area contributed by atoms with Gasteiger partial charge in [0.05, 0.1) is 0 Å². The summed E-state index contributed by atoms with van der Waals surface area (Å²) in [5, 5.41) is 6.23. The zero-order valence-electron chi connectivity index (χ0n) is 13.3. The number of amides is 1. The van der Waals surface area contributed by atoms with Crippen molar-refractivity contribution in [2.75, 3.05) is 20.1 Å². The zero-order valence-corrected chi connectivity index (χ0v) is 15.7. The summed E-state index contributed by atoms with van der Waals surface area (Å²) in [6.07, 6.45) is 4.82. The molecule has 1 fully saturated rings. The Kier molecular flexibility index (Phi) is 7.87. The molecule has 0 heterocycles. The molecule has 1 amide bonds. The molecule has 1 unspecified atom stereocenters. The third kappa shape index (κ3) is 4.71. The molecule has 0 aliphatic heterocycles. The van der Waals surface area contributed by atoms with Crippen molar-refractivity contribution in [3.05, 3.63) is 34.3 Å². The summed E-state index contributed by atoms with van der Waals surface area (Å²) in [4.78, 5) is 12.2. The fourth-order valence-electron chi connectivity index (χ4n) is 3.25. The standard InChI is InChI=1S/C17H25BrN2O.ClH/c1-13(11-19-2)16(21)20-12-17(9-3-4-10-17)14-5-7-15(18)8-6-14;/h5-8,13,19H,3-4,9-12H2,1-2H3,(H,20,21);1H. The lowest BCUT2D eigenvalue weighted by Gasteiger charge is -2.30. The summed E-state index contributed by atoms with van der Waals surface area (Å²) in [6, 6.07) is 8.58. The second-order valence-corrected chi connectivity index (χ2v) is 7.09. The van der Waals surface area contributed by atoms with Gasteiger partial charge >= 0.3 is 0 Å². The Morgan fingerprint density at radius 3 is 2.41 bits per heavy atom. The van der Waals surface area contributed by atoms with Gasteiger partial charge in [0.2, 0.25) is 5.91 Å². The molecule has 0 spiro atoms. The van der Waals surface area contributed by atoms with Crippen molar-refractivity contribution in [1.29, 1.82) is 0 Å². The summed E-state index contributed by atoms with van der Waals surface area (Å²) in [5.74, 6) is 0.158. The molecule has 1 aromatic rings. The summed E-state index contributed by atoms with van der Waals surface area (Å²) in [7, 11) is 1.88. The number of halogens is 2. The van der Waals surface area contributed by atoms with E-state index in [0.29, 0.717) is 0 Å². The summed E-state index contributed by atoms with van der Waals surface area (Å²) >= 11 is 3.49. The van der Waals surface area contributed by atoms with Crippen LogP contribution < -0.4 is 10.6 Å². The topological polar surface area (TPSA) is 41.1 Å². The van der Waals surface area contributed by atoms with Gasteiger partial charge in [0.1, 0.15) is 0 Å². The first-order chi connectivity index (χ1) is 10.1. The summed E-state index contributed by atoms with van der Waals surface area (Å²) in [5.41, 5.74) is 1.47. The molecule has 1 aromatic carbocycles. The van der Waals surface area contributed by atoms with Gasteiger partial charge in [-0.2, -0.15) is 0 Å². The first kappa shape index (κ1) is 19.5.